The van der Waals surface area contributed by atoms with Crippen molar-refractivity contribution in [1.29, 1.82) is 0 Å². The minimum absolute atomic E-state index is 0.207. The Labute approximate surface area is 159 Å². The molecule has 0 aliphatic rings. The van der Waals surface area contributed by atoms with Crippen LogP contribution in [0.1, 0.15) is 44.1 Å². The van der Waals surface area contributed by atoms with E-state index in [0.717, 1.165) is 29.4 Å². The van der Waals surface area contributed by atoms with Crippen molar-refractivity contribution in [3.8, 4) is 5.13 Å². The van der Waals surface area contributed by atoms with Gasteiger partial charge in [-0.05, 0) is 66.2 Å². The number of amides is 1. The molecular weight excluding hydrogens is 350 g/mol. The van der Waals surface area contributed by atoms with Crippen LogP contribution in [0, 0.1) is 0 Å². The third kappa shape index (κ3) is 7.13. The second-order valence-corrected chi connectivity index (χ2v) is 8.71. The largest absolute Gasteiger partial charge is 0.444 e. The number of hydrogen-bond donors (Lipinski definition) is 1. The number of rotatable bonds is 8. The van der Waals surface area contributed by atoms with E-state index in [4.69, 9.17) is 4.74 Å². The van der Waals surface area contributed by atoms with Crippen LogP contribution in [0.15, 0.2) is 18.6 Å². The van der Waals surface area contributed by atoms with Crippen LogP contribution in [-0.2, 0) is 17.8 Å². The van der Waals surface area contributed by atoms with E-state index < -0.39 is 6.09 Å². The van der Waals surface area contributed by atoms with Gasteiger partial charge in [0.1, 0.15) is 6.61 Å². The molecule has 144 valence electrons. The van der Waals surface area contributed by atoms with Crippen LogP contribution in [-0.4, -0.2) is 51.9 Å². The Morgan fingerprint density at radius 1 is 1.31 bits per heavy atom. The molecule has 0 aliphatic heterocycles. The molecule has 0 saturated heterocycles. The number of nitrogens with zero attached hydrogens (tertiary/aromatic N) is 4. The van der Waals surface area contributed by atoms with Crippen LogP contribution in [0.2, 0.25) is 0 Å². The Kier molecular flexibility index (Phi) is 7.16. The number of aromatic nitrogens is 3. The van der Waals surface area contributed by atoms with Gasteiger partial charge < -0.3 is 15.0 Å². The maximum absolute atomic E-state index is 11.7. The van der Waals surface area contributed by atoms with E-state index in [1.54, 1.807) is 10.9 Å². The van der Waals surface area contributed by atoms with Gasteiger partial charge in [0.25, 0.3) is 0 Å². The highest BCUT2D eigenvalue weighted by atomic mass is 32.1. The molecule has 0 saturated carbocycles. The molecule has 0 unspecified atom stereocenters. The molecule has 0 radical (unpaired) electrons. The summed E-state index contributed by atoms with van der Waals surface area (Å²) in [5, 5.41) is 7.93. The molecule has 0 aromatic carbocycles. The number of carbonyl (C=O) groups excluding carboxylic acids is 1. The molecule has 7 nitrogen and oxygen atoms in total. The van der Waals surface area contributed by atoms with Crippen molar-refractivity contribution in [1.82, 2.24) is 25.0 Å². The minimum Gasteiger partial charge on any atom is -0.444 e. The number of unbranched alkanes of at least 4 members (excludes halogenated alkanes) is 1. The molecule has 26 heavy (non-hydrogen) atoms. The van der Waals surface area contributed by atoms with Gasteiger partial charge in [0, 0.05) is 17.9 Å². The fourth-order valence-corrected chi connectivity index (χ4v) is 3.06. The second kappa shape index (κ2) is 9.14. The van der Waals surface area contributed by atoms with Gasteiger partial charge in [0.2, 0.25) is 5.13 Å². The molecule has 0 aliphatic carbocycles. The first kappa shape index (κ1) is 20.4. The summed E-state index contributed by atoms with van der Waals surface area (Å²) in [6.45, 7) is 7.05. The summed E-state index contributed by atoms with van der Waals surface area (Å²) in [7, 11) is 4.18. The molecule has 0 spiro atoms. The van der Waals surface area contributed by atoms with Crippen molar-refractivity contribution >= 4 is 17.4 Å². The molecule has 2 aromatic rings. The molecule has 1 amide bonds. The summed E-state index contributed by atoms with van der Waals surface area (Å²) in [6, 6.07) is 0. The highest BCUT2D eigenvalue weighted by molar-refractivity contribution is 7.14. The molecular formula is C18H29N5O2S. The van der Waals surface area contributed by atoms with Gasteiger partial charge in [-0.15, -0.1) is 0 Å². The average Bonchev–Trinajstić information content (AvgIpc) is 3.16. The molecule has 2 rings (SSSR count). The van der Waals surface area contributed by atoms with Crippen molar-refractivity contribution in [2.45, 2.75) is 52.2 Å². The molecule has 2 heterocycles. The Bertz CT molecular complexity index is 703. The minimum atomic E-state index is -0.424. The summed E-state index contributed by atoms with van der Waals surface area (Å²) in [5.74, 6) is 0. The first-order valence-corrected chi connectivity index (χ1v) is 9.63. The Morgan fingerprint density at radius 2 is 2.08 bits per heavy atom. The normalized spacial score (nSPS) is 11.8. The smallest absolute Gasteiger partial charge is 0.407 e. The topological polar surface area (TPSA) is 72.3 Å². The lowest BCUT2D eigenvalue weighted by Gasteiger charge is -2.19. The Morgan fingerprint density at radius 3 is 2.77 bits per heavy atom. The fourth-order valence-electron chi connectivity index (χ4n) is 2.30. The summed E-state index contributed by atoms with van der Waals surface area (Å²) in [5.41, 5.74) is 0.898. The van der Waals surface area contributed by atoms with E-state index in [1.807, 2.05) is 33.2 Å². The van der Waals surface area contributed by atoms with Crippen LogP contribution >= 0.6 is 11.3 Å². The lowest BCUT2D eigenvalue weighted by molar-refractivity contribution is 0.132. The number of nitrogens with one attached hydrogen (secondary N) is 1. The predicted molar refractivity (Wildman–Crippen MR) is 104 cm³/mol. The lowest BCUT2D eigenvalue weighted by atomic mass is 10.1. The first-order chi connectivity index (χ1) is 12.2. The van der Waals surface area contributed by atoms with E-state index in [0.29, 0.717) is 0 Å². The van der Waals surface area contributed by atoms with Gasteiger partial charge in [-0.25, -0.2) is 14.5 Å². The summed E-state index contributed by atoms with van der Waals surface area (Å²) in [4.78, 5) is 19.2. The summed E-state index contributed by atoms with van der Waals surface area (Å²) < 4.78 is 7.01. The van der Waals surface area contributed by atoms with Gasteiger partial charge in [0.15, 0.2) is 0 Å². The van der Waals surface area contributed by atoms with E-state index in [2.05, 4.69) is 34.4 Å². The Balaban J connectivity index is 1.83. The van der Waals surface area contributed by atoms with Crippen LogP contribution in [0.25, 0.3) is 5.13 Å². The predicted octanol–water partition coefficient (Wildman–Crippen LogP) is 3.24. The van der Waals surface area contributed by atoms with Crippen LogP contribution < -0.4 is 5.32 Å². The molecule has 0 fully saturated rings. The van der Waals surface area contributed by atoms with Crippen molar-refractivity contribution in [3.05, 3.63) is 29.0 Å². The molecule has 2 aromatic heterocycles. The van der Waals surface area contributed by atoms with Gasteiger partial charge in [-0.3, -0.25) is 0 Å². The SMILES string of the molecule is CN(C)CCCCc1cnn(-c2ncc(COC(=O)NC(C)(C)C)s2)c1. The third-order valence-electron chi connectivity index (χ3n) is 3.52. The van der Waals surface area contributed by atoms with Crippen molar-refractivity contribution in [3.63, 3.8) is 0 Å². The zero-order chi connectivity index (χ0) is 19.2. The molecule has 0 atom stereocenters. The lowest BCUT2D eigenvalue weighted by Crippen LogP contribution is -2.40. The van der Waals surface area contributed by atoms with Gasteiger partial charge >= 0.3 is 6.09 Å². The summed E-state index contributed by atoms with van der Waals surface area (Å²) in [6.07, 6.45) is 8.55. The zero-order valence-electron chi connectivity index (χ0n) is 16.3. The molecule has 8 heteroatoms. The number of carbonyl (C=O) groups is 1. The highest BCUT2D eigenvalue weighted by Gasteiger charge is 2.15. The van der Waals surface area contributed by atoms with E-state index in [1.165, 1.54) is 23.3 Å². The molecule has 0 bridgehead atoms. The van der Waals surface area contributed by atoms with E-state index >= 15 is 0 Å². The Hall–Kier alpha value is -1.93. The van der Waals surface area contributed by atoms with Gasteiger partial charge in [0.05, 0.1) is 11.1 Å². The van der Waals surface area contributed by atoms with Crippen molar-refractivity contribution < 1.29 is 9.53 Å². The first-order valence-electron chi connectivity index (χ1n) is 8.81. The fraction of sp³-hybridized carbons (Fsp3) is 0.611. The van der Waals surface area contributed by atoms with Crippen LogP contribution in [0.5, 0.6) is 0 Å². The number of aryl methyl sites for hydroxylation is 1. The highest BCUT2D eigenvalue weighted by Crippen LogP contribution is 2.18. The maximum atomic E-state index is 11.7. The number of thiazole rings is 1. The van der Waals surface area contributed by atoms with E-state index in [-0.39, 0.29) is 12.1 Å². The maximum Gasteiger partial charge on any atom is 0.407 e. The number of hydrogen-bond acceptors (Lipinski definition) is 6. The average molecular weight is 380 g/mol. The monoisotopic (exact) mass is 379 g/mol. The quantitative estimate of drug-likeness (QED) is 0.713. The summed E-state index contributed by atoms with van der Waals surface area (Å²) >= 11 is 1.47. The second-order valence-electron chi connectivity index (χ2n) is 7.61. The van der Waals surface area contributed by atoms with Crippen LogP contribution in [0.3, 0.4) is 0 Å². The van der Waals surface area contributed by atoms with Crippen molar-refractivity contribution in [2.75, 3.05) is 20.6 Å². The standard InChI is InChI=1S/C18H29N5O2S/c1-18(2,3)21-17(24)25-13-15-11-19-16(26-15)23-12-14(10-20-23)8-6-7-9-22(4)5/h10-12H,6-9,13H2,1-5H3,(H,21,24). The van der Waals surface area contributed by atoms with Gasteiger partial charge in [-0.2, -0.15) is 5.10 Å². The zero-order valence-corrected chi connectivity index (χ0v) is 17.1. The van der Waals surface area contributed by atoms with Gasteiger partial charge in [-0.1, -0.05) is 11.3 Å². The molecule has 1 N–H and O–H groups in total. The van der Waals surface area contributed by atoms with Crippen LogP contribution in [0.4, 0.5) is 4.79 Å². The third-order valence-corrected chi connectivity index (χ3v) is 4.48. The number of ether oxygens (including phenoxy) is 1. The van der Waals surface area contributed by atoms with E-state index in [9.17, 15) is 4.79 Å². The number of alkyl carbamates (subject to hydrolysis) is 1. The van der Waals surface area contributed by atoms with Crippen molar-refractivity contribution in [2.24, 2.45) is 0 Å².